The first-order valence-electron chi connectivity index (χ1n) is 8.00. The van der Waals surface area contributed by atoms with Gasteiger partial charge in [0.05, 0.1) is 5.75 Å². The molecule has 1 amide bonds. The number of sulfonamides is 1. The van der Waals surface area contributed by atoms with Gasteiger partial charge in [0.1, 0.15) is 5.82 Å². The van der Waals surface area contributed by atoms with Crippen molar-refractivity contribution in [2.75, 3.05) is 43.4 Å². The van der Waals surface area contributed by atoms with E-state index in [0.717, 1.165) is 5.82 Å². The summed E-state index contributed by atoms with van der Waals surface area (Å²) in [5.74, 6) is 0.533. The second-order valence-electron chi connectivity index (χ2n) is 5.66. The van der Waals surface area contributed by atoms with Crippen LogP contribution in [0.5, 0.6) is 0 Å². The van der Waals surface area contributed by atoms with Crippen molar-refractivity contribution in [2.24, 2.45) is 0 Å². The number of amides is 1. The van der Waals surface area contributed by atoms with E-state index in [9.17, 15) is 13.2 Å². The Morgan fingerprint density at radius 2 is 2.00 bits per heavy atom. The molecule has 1 saturated heterocycles. The van der Waals surface area contributed by atoms with Crippen LogP contribution in [0.25, 0.3) is 0 Å². The quantitative estimate of drug-likeness (QED) is 0.809. The average molecular weight is 380 g/mol. The van der Waals surface area contributed by atoms with Gasteiger partial charge in [-0.25, -0.2) is 13.4 Å². The fourth-order valence-corrected chi connectivity index (χ4v) is 4.63. The van der Waals surface area contributed by atoms with E-state index in [-0.39, 0.29) is 18.2 Å². The van der Waals surface area contributed by atoms with Crippen LogP contribution in [-0.2, 0) is 10.0 Å². The summed E-state index contributed by atoms with van der Waals surface area (Å²) >= 11 is 1.43. The summed E-state index contributed by atoms with van der Waals surface area (Å²) in [4.78, 5) is 18.2. The van der Waals surface area contributed by atoms with E-state index in [1.165, 1.54) is 15.6 Å². The number of hydrogen-bond donors (Lipinski definition) is 1. The highest BCUT2D eigenvalue weighted by atomic mass is 32.2. The summed E-state index contributed by atoms with van der Waals surface area (Å²) in [7, 11) is -3.38. The highest BCUT2D eigenvalue weighted by Crippen LogP contribution is 2.14. The molecule has 0 aliphatic carbocycles. The average Bonchev–Trinajstić information content (AvgIpc) is 3.17. The van der Waals surface area contributed by atoms with Crippen molar-refractivity contribution in [3.8, 4) is 0 Å². The molecule has 7 nitrogen and oxygen atoms in total. The van der Waals surface area contributed by atoms with Gasteiger partial charge in [-0.05, 0) is 23.6 Å². The molecule has 2 aromatic rings. The molecule has 25 heavy (non-hydrogen) atoms. The fourth-order valence-electron chi connectivity index (χ4n) is 2.65. The van der Waals surface area contributed by atoms with Gasteiger partial charge < -0.3 is 10.2 Å². The first kappa shape index (κ1) is 17.8. The number of pyridine rings is 1. The van der Waals surface area contributed by atoms with Crippen LogP contribution in [0.4, 0.5) is 5.82 Å². The molecule has 0 radical (unpaired) electrons. The molecule has 0 bridgehead atoms. The number of rotatable bonds is 6. The Kier molecular flexibility index (Phi) is 5.67. The Labute approximate surface area is 151 Å². The maximum absolute atomic E-state index is 12.4. The van der Waals surface area contributed by atoms with Gasteiger partial charge in [-0.1, -0.05) is 6.07 Å². The number of hydrogen-bond acceptors (Lipinski definition) is 6. The topological polar surface area (TPSA) is 82.6 Å². The van der Waals surface area contributed by atoms with Gasteiger partial charge in [0, 0.05) is 49.9 Å². The number of carbonyl (C=O) groups excluding carboxylic acids is 1. The summed E-state index contributed by atoms with van der Waals surface area (Å²) in [6.45, 7) is 2.18. The standard InChI is InChI=1S/C16H20N4O3S2/c21-16(14-4-11-24-13-14)18-6-12-25(22,23)20-9-7-19(8-10-20)15-3-1-2-5-17-15/h1-5,11,13H,6-10,12H2,(H,18,21). The van der Waals surface area contributed by atoms with E-state index in [1.54, 1.807) is 17.6 Å². The largest absolute Gasteiger partial charge is 0.354 e. The highest BCUT2D eigenvalue weighted by Gasteiger charge is 2.27. The van der Waals surface area contributed by atoms with Crippen molar-refractivity contribution >= 4 is 33.1 Å². The lowest BCUT2D eigenvalue weighted by atomic mass is 10.3. The molecular formula is C16H20N4O3S2. The second-order valence-corrected chi connectivity index (χ2v) is 8.53. The van der Waals surface area contributed by atoms with Crippen LogP contribution < -0.4 is 10.2 Å². The van der Waals surface area contributed by atoms with Crippen LogP contribution >= 0.6 is 11.3 Å². The van der Waals surface area contributed by atoms with Gasteiger partial charge in [0.15, 0.2) is 0 Å². The van der Waals surface area contributed by atoms with Crippen LogP contribution in [-0.4, -0.2) is 62.1 Å². The molecule has 1 aliphatic rings. The first-order valence-corrected chi connectivity index (χ1v) is 10.6. The third kappa shape index (κ3) is 4.56. The zero-order chi connectivity index (χ0) is 17.7. The Hall–Kier alpha value is -1.97. The molecule has 3 heterocycles. The number of anilines is 1. The minimum Gasteiger partial charge on any atom is -0.354 e. The van der Waals surface area contributed by atoms with E-state index >= 15 is 0 Å². The van der Waals surface area contributed by atoms with Crippen LogP contribution in [0, 0.1) is 0 Å². The lowest BCUT2D eigenvalue weighted by Gasteiger charge is -2.34. The van der Waals surface area contributed by atoms with E-state index < -0.39 is 10.0 Å². The molecule has 0 saturated carbocycles. The van der Waals surface area contributed by atoms with Crippen molar-refractivity contribution < 1.29 is 13.2 Å². The van der Waals surface area contributed by atoms with Gasteiger partial charge >= 0.3 is 0 Å². The molecule has 0 unspecified atom stereocenters. The molecule has 1 fully saturated rings. The minimum atomic E-state index is -3.38. The molecule has 3 rings (SSSR count). The molecule has 9 heteroatoms. The van der Waals surface area contributed by atoms with Crippen molar-refractivity contribution in [1.82, 2.24) is 14.6 Å². The normalized spacial score (nSPS) is 15.9. The van der Waals surface area contributed by atoms with Crippen LogP contribution in [0.3, 0.4) is 0 Å². The fraction of sp³-hybridized carbons (Fsp3) is 0.375. The van der Waals surface area contributed by atoms with E-state index in [4.69, 9.17) is 0 Å². The second kappa shape index (κ2) is 7.94. The number of carbonyl (C=O) groups is 1. The van der Waals surface area contributed by atoms with Crippen LogP contribution in [0.2, 0.25) is 0 Å². The summed E-state index contributed by atoms with van der Waals surface area (Å²) in [5.41, 5.74) is 0.561. The summed E-state index contributed by atoms with van der Waals surface area (Å²) in [6.07, 6.45) is 1.73. The Balaban J connectivity index is 1.47. The lowest BCUT2D eigenvalue weighted by Crippen LogP contribution is -2.50. The SMILES string of the molecule is O=C(NCCS(=O)(=O)N1CCN(c2ccccn2)CC1)c1ccsc1. The maximum atomic E-state index is 12.4. The first-order chi connectivity index (χ1) is 12.1. The molecule has 0 aromatic carbocycles. The van der Waals surface area contributed by atoms with Crippen LogP contribution in [0.15, 0.2) is 41.2 Å². The number of nitrogens with one attached hydrogen (secondary N) is 1. The van der Waals surface area contributed by atoms with Gasteiger partial charge in [0.25, 0.3) is 5.91 Å². The number of piperazine rings is 1. The van der Waals surface area contributed by atoms with Gasteiger partial charge in [-0.15, -0.1) is 0 Å². The molecule has 0 spiro atoms. The lowest BCUT2D eigenvalue weighted by molar-refractivity contribution is 0.0956. The Bertz CT molecular complexity index is 786. The third-order valence-electron chi connectivity index (χ3n) is 4.03. The minimum absolute atomic E-state index is 0.0908. The van der Waals surface area contributed by atoms with Crippen molar-refractivity contribution in [3.05, 3.63) is 46.8 Å². The third-order valence-corrected chi connectivity index (χ3v) is 6.59. The van der Waals surface area contributed by atoms with Crippen molar-refractivity contribution in [1.29, 1.82) is 0 Å². The predicted molar refractivity (Wildman–Crippen MR) is 98.5 cm³/mol. The van der Waals surface area contributed by atoms with Gasteiger partial charge in [0.2, 0.25) is 10.0 Å². The highest BCUT2D eigenvalue weighted by molar-refractivity contribution is 7.89. The molecule has 0 atom stereocenters. The van der Waals surface area contributed by atoms with Crippen molar-refractivity contribution in [3.63, 3.8) is 0 Å². The smallest absolute Gasteiger partial charge is 0.252 e. The molecule has 134 valence electrons. The van der Waals surface area contributed by atoms with E-state index in [2.05, 4.69) is 15.2 Å². The van der Waals surface area contributed by atoms with Crippen molar-refractivity contribution in [2.45, 2.75) is 0 Å². The van der Waals surface area contributed by atoms with E-state index in [1.807, 2.05) is 23.6 Å². The molecule has 1 N–H and O–H groups in total. The summed E-state index contributed by atoms with van der Waals surface area (Å²) in [6, 6.07) is 7.41. The van der Waals surface area contributed by atoms with Crippen LogP contribution in [0.1, 0.15) is 10.4 Å². The van der Waals surface area contributed by atoms with Gasteiger partial charge in [-0.2, -0.15) is 15.6 Å². The summed E-state index contributed by atoms with van der Waals surface area (Å²) < 4.78 is 26.4. The summed E-state index contributed by atoms with van der Waals surface area (Å²) in [5, 5.41) is 6.21. The molecular weight excluding hydrogens is 360 g/mol. The Morgan fingerprint density at radius 3 is 2.64 bits per heavy atom. The number of nitrogens with zero attached hydrogens (tertiary/aromatic N) is 3. The maximum Gasteiger partial charge on any atom is 0.252 e. The molecule has 1 aliphatic heterocycles. The number of aromatic nitrogens is 1. The monoisotopic (exact) mass is 380 g/mol. The number of thiophene rings is 1. The predicted octanol–water partition coefficient (Wildman–Crippen LogP) is 1.02. The van der Waals surface area contributed by atoms with E-state index in [0.29, 0.717) is 31.7 Å². The Morgan fingerprint density at radius 1 is 1.20 bits per heavy atom. The molecule has 2 aromatic heterocycles. The zero-order valence-electron chi connectivity index (χ0n) is 13.7. The van der Waals surface area contributed by atoms with Gasteiger partial charge in [-0.3, -0.25) is 4.79 Å². The zero-order valence-corrected chi connectivity index (χ0v) is 15.3.